The molecule has 212 valence electrons. The van der Waals surface area contributed by atoms with Gasteiger partial charge in [-0.15, -0.1) is 0 Å². The average molecular weight is 608 g/mol. The highest BCUT2D eigenvalue weighted by molar-refractivity contribution is 7.54. The van der Waals surface area contributed by atoms with Gasteiger partial charge in [-0.05, 0) is 37.6 Å². The minimum Gasteiger partial charge on any atom is -0.463 e. The van der Waals surface area contributed by atoms with Gasteiger partial charge in [0.05, 0.1) is 33.7 Å². The van der Waals surface area contributed by atoms with E-state index in [2.05, 4.69) is 10.9 Å². The lowest BCUT2D eigenvalue weighted by Crippen LogP contribution is -2.43. The van der Waals surface area contributed by atoms with E-state index in [1.54, 1.807) is 32.0 Å². The van der Waals surface area contributed by atoms with Crippen LogP contribution in [-0.4, -0.2) is 56.5 Å². The van der Waals surface area contributed by atoms with Crippen LogP contribution in [0, 0.1) is 23.0 Å². The number of para-hydroxylation sites is 1. The van der Waals surface area contributed by atoms with Crippen LogP contribution in [0.15, 0.2) is 41.3 Å². The number of hydrogen-bond acceptors (Lipinski definition) is 10. The molecule has 11 nitrogen and oxygen atoms in total. The number of aliphatic hydroxyl groups excluding tert-OH is 1. The number of anilines is 1. The molecule has 6 atom stereocenters. The number of nitrogen functional groups attached to an aromatic ring is 1. The van der Waals surface area contributed by atoms with Gasteiger partial charge in [0, 0.05) is 5.38 Å². The Morgan fingerprint density at radius 3 is 2.69 bits per heavy atom. The Bertz CT molecular complexity index is 1440. The van der Waals surface area contributed by atoms with Gasteiger partial charge in [0.15, 0.2) is 22.7 Å². The number of alkyl halides is 1. The summed E-state index contributed by atoms with van der Waals surface area (Å²) in [5.41, 5.74) is 4.16. The predicted octanol–water partition coefficient (Wildman–Crippen LogP) is 3.28. The van der Waals surface area contributed by atoms with E-state index in [0.717, 1.165) is 0 Å². The molecule has 2 aromatic rings. The normalized spacial score (nSPS) is 26.0. The smallest absolute Gasteiger partial charge is 0.380 e. The molecule has 1 aliphatic rings. The van der Waals surface area contributed by atoms with Crippen molar-refractivity contribution in [2.45, 2.75) is 50.2 Å². The van der Waals surface area contributed by atoms with Crippen molar-refractivity contribution in [3.8, 4) is 17.0 Å². The number of esters is 1. The highest BCUT2D eigenvalue weighted by Crippen LogP contribution is 2.51. The molecule has 3 N–H and O–H groups in total. The minimum atomic E-state index is -4.60. The molecule has 2 heterocycles. The summed E-state index contributed by atoms with van der Waals surface area (Å²) in [5.74, 6) is -1.44. The number of carbonyl (C=O) groups excluding carboxylic acids is 1. The fourth-order valence-corrected chi connectivity index (χ4v) is 5.74. The zero-order valence-corrected chi connectivity index (χ0v) is 23.3. The molecule has 1 aliphatic heterocycles. The topological polar surface area (TPSA) is 152 Å². The Hall–Kier alpha value is -2.65. The van der Waals surface area contributed by atoms with Crippen molar-refractivity contribution in [3.63, 3.8) is 0 Å². The number of carbonyl (C=O) groups is 1. The van der Waals surface area contributed by atoms with Crippen LogP contribution in [0.4, 0.5) is 10.2 Å². The highest BCUT2D eigenvalue weighted by Gasteiger charge is 2.57. The Morgan fingerprint density at radius 2 is 2.08 bits per heavy atom. The van der Waals surface area contributed by atoms with Crippen molar-refractivity contribution in [2.75, 3.05) is 18.5 Å². The molecule has 3 rings (SSSR count). The first-order chi connectivity index (χ1) is 19.0. The first-order valence-electron chi connectivity index (χ1n) is 12.5. The maximum absolute atomic E-state index is 14.2. The Kier molecular flexibility index (Phi) is 9.07. The number of hydrogen-bond donors (Lipinski definition) is 2. The van der Waals surface area contributed by atoms with Crippen molar-refractivity contribution in [3.05, 3.63) is 52.8 Å². The Morgan fingerprint density at radius 1 is 1.41 bits per heavy atom. The molecule has 1 unspecified atom stereocenters. The molecule has 0 saturated carbocycles. The van der Waals surface area contributed by atoms with E-state index in [9.17, 15) is 23.7 Å². The van der Waals surface area contributed by atoms with Crippen LogP contribution in [0.1, 0.15) is 29.7 Å². The molecule has 1 aromatic carbocycles. The number of rotatable bonds is 10. The minimum absolute atomic E-state index is 0.0245. The van der Waals surface area contributed by atoms with Crippen LogP contribution in [0.3, 0.4) is 0 Å². The zero-order chi connectivity index (χ0) is 30.8. The first kappa shape index (κ1) is 27.9. The first-order valence-corrected chi connectivity index (χ1v) is 14.0. The SMILES string of the molecule is [2H]C([2H])(O[P@@](=O)(C[C@@H](C)C(=O)OC(C)C)Oc1ccccc1)[C@H]1O[C@@H](n2cc(F)c(N)nc2=O)C(Cl)(C#CCl)[C@H]1O. The van der Waals surface area contributed by atoms with Crippen LogP contribution in [0.5, 0.6) is 5.75 Å². The number of ether oxygens (including phenoxy) is 2. The van der Waals surface area contributed by atoms with Crippen LogP contribution in [0.2, 0.25) is 0 Å². The van der Waals surface area contributed by atoms with Gasteiger partial charge < -0.3 is 24.8 Å². The molecule has 0 radical (unpaired) electrons. The summed E-state index contributed by atoms with van der Waals surface area (Å²) < 4.78 is 67.5. The summed E-state index contributed by atoms with van der Waals surface area (Å²) in [4.78, 5) is 25.9. The van der Waals surface area contributed by atoms with Crippen LogP contribution >= 0.6 is 30.8 Å². The van der Waals surface area contributed by atoms with E-state index < -0.39 is 78.9 Å². The lowest BCUT2D eigenvalue weighted by Gasteiger charge is -2.25. The lowest BCUT2D eigenvalue weighted by molar-refractivity contribution is -0.151. The fourth-order valence-electron chi connectivity index (χ4n) is 3.50. The van der Waals surface area contributed by atoms with E-state index in [1.165, 1.54) is 19.1 Å². The largest absolute Gasteiger partial charge is 0.463 e. The van der Waals surface area contributed by atoms with Gasteiger partial charge in [-0.2, -0.15) is 4.98 Å². The zero-order valence-electron chi connectivity index (χ0n) is 22.9. The molecular weight excluding hydrogens is 579 g/mol. The summed E-state index contributed by atoms with van der Waals surface area (Å²) in [6.45, 7) is 1.43. The van der Waals surface area contributed by atoms with Gasteiger partial charge in [-0.25, -0.2) is 13.8 Å². The fraction of sp³-hybridized carbons (Fsp3) is 0.458. The second kappa shape index (κ2) is 12.7. The number of nitrogens with zero attached hydrogens (tertiary/aromatic N) is 2. The molecule has 15 heteroatoms. The summed E-state index contributed by atoms with van der Waals surface area (Å²) in [5, 5.41) is 13.0. The molecule has 1 aromatic heterocycles. The highest BCUT2D eigenvalue weighted by atomic mass is 35.5. The van der Waals surface area contributed by atoms with E-state index >= 15 is 0 Å². The lowest BCUT2D eigenvalue weighted by atomic mass is 9.99. The van der Waals surface area contributed by atoms with Crippen molar-refractivity contribution in [1.29, 1.82) is 0 Å². The maximum atomic E-state index is 14.2. The third kappa shape index (κ3) is 7.31. The van der Waals surface area contributed by atoms with Crippen LogP contribution in [0.25, 0.3) is 0 Å². The number of aromatic nitrogens is 2. The van der Waals surface area contributed by atoms with Crippen molar-refractivity contribution < 1.29 is 40.1 Å². The molecule has 0 bridgehead atoms. The van der Waals surface area contributed by atoms with E-state index in [0.29, 0.717) is 10.8 Å². The average Bonchev–Trinajstić information content (AvgIpc) is 3.12. The summed E-state index contributed by atoms with van der Waals surface area (Å²) in [7, 11) is -4.60. The number of benzene rings is 1. The van der Waals surface area contributed by atoms with E-state index in [-0.39, 0.29) is 5.75 Å². The standard InChI is InChI=1S/C24H27Cl2FN3O8P/c1-14(2)36-21(32)15(3)13-39(34,38-16-7-5-4-6-8-16)35-12-18-19(31)24(26,9-10-25)22(37-18)30-11-17(27)20(28)29-23(30)33/h4-8,11,14-15,18-19,22,31H,12-13H2,1-3H3,(H2,28,29,33)/t15-,18-,19+,22-,24?,39+/m1/s1/i12D2. The molecule has 1 saturated heterocycles. The molecule has 0 spiro atoms. The van der Waals surface area contributed by atoms with Gasteiger partial charge in [-0.1, -0.05) is 42.6 Å². The molecular formula is C24H27Cl2FN3O8P. The van der Waals surface area contributed by atoms with Gasteiger partial charge in [0.2, 0.25) is 0 Å². The maximum Gasteiger partial charge on any atom is 0.380 e. The van der Waals surface area contributed by atoms with Gasteiger partial charge in [-0.3, -0.25) is 13.9 Å². The monoisotopic (exact) mass is 607 g/mol. The van der Waals surface area contributed by atoms with Crippen molar-refractivity contribution in [1.82, 2.24) is 9.55 Å². The second-order valence-corrected chi connectivity index (χ2v) is 11.6. The second-order valence-electron chi connectivity index (χ2n) is 8.80. The Balaban J connectivity index is 2.01. The molecule has 39 heavy (non-hydrogen) atoms. The van der Waals surface area contributed by atoms with Gasteiger partial charge in [0.1, 0.15) is 18.0 Å². The van der Waals surface area contributed by atoms with E-state index in [4.69, 9.17) is 50.2 Å². The van der Waals surface area contributed by atoms with Crippen LogP contribution in [-0.2, 0) is 23.4 Å². The predicted molar refractivity (Wildman–Crippen MR) is 141 cm³/mol. The summed E-state index contributed by atoms with van der Waals surface area (Å²) in [6, 6.07) is 7.62. The van der Waals surface area contributed by atoms with Gasteiger partial charge in [0.25, 0.3) is 0 Å². The Labute approximate surface area is 236 Å². The van der Waals surface area contributed by atoms with Crippen LogP contribution < -0.4 is 15.9 Å². The molecule has 0 aliphatic carbocycles. The molecule has 0 amide bonds. The summed E-state index contributed by atoms with van der Waals surface area (Å²) >= 11 is 12.0. The number of halogens is 3. The van der Waals surface area contributed by atoms with Crippen molar-refractivity contribution >= 4 is 42.6 Å². The van der Waals surface area contributed by atoms with E-state index in [1.807, 2.05) is 5.38 Å². The van der Waals surface area contributed by atoms with Crippen molar-refractivity contribution in [2.24, 2.45) is 5.92 Å². The number of nitrogens with two attached hydrogens (primary N) is 1. The number of aliphatic hydroxyl groups is 1. The summed E-state index contributed by atoms with van der Waals surface area (Å²) in [6.07, 6.45) is -6.64. The molecule has 1 fully saturated rings. The quantitative estimate of drug-likeness (QED) is 0.178. The van der Waals surface area contributed by atoms with Gasteiger partial charge >= 0.3 is 19.3 Å². The third-order valence-electron chi connectivity index (χ3n) is 5.33. The third-order valence-corrected chi connectivity index (χ3v) is 7.79.